The molecule has 110 valence electrons. The van der Waals surface area contributed by atoms with E-state index in [-0.39, 0.29) is 16.4 Å². The Morgan fingerprint density at radius 3 is 2.43 bits per heavy atom. The summed E-state index contributed by atoms with van der Waals surface area (Å²) in [6, 6.07) is 7.86. The Morgan fingerprint density at radius 1 is 1.05 bits per heavy atom. The minimum absolute atomic E-state index is 0.285. The van der Waals surface area contributed by atoms with Crippen LogP contribution in [-0.2, 0) is 10.8 Å². The second-order valence-corrected chi connectivity index (χ2v) is 6.21. The summed E-state index contributed by atoms with van der Waals surface area (Å²) in [6.45, 7) is 3.79. The van der Waals surface area contributed by atoms with Gasteiger partial charge in [-0.3, -0.25) is 9.00 Å². The van der Waals surface area contributed by atoms with Crippen molar-refractivity contribution in [3.63, 3.8) is 0 Å². The molecule has 0 aliphatic carbocycles. The van der Waals surface area contributed by atoms with Gasteiger partial charge in [-0.2, -0.15) is 0 Å². The van der Waals surface area contributed by atoms with Crippen molar-refractivity contribution in [2.75, 3.05) is 5.75 Å². The van der Waals surface area contributed by atoms with Gasteiger partial charge in [0, 0.05) is 5.56 Å². The molecule has 0 saturated carbocycles. The molecular weight excluding hydrogens is 294 g/mol. The topological polar surface area (TPSA) is 34.1 Å². The lowest BCUT2D eigenvalue weighted by Gasteiger charge is -2.06. The van der Waals surface area contributed by atoms with E-state index < -0.39 is 22.4 Å². The molecule has 0 saturated heterocycles. The van der Waals surface area contributed by atoms with Crippen LogP contribution in [0, 0.1) is 25.5 Å². The number of benzene rings is 2. The van der Waals surface area contributed by atoms with E-state index in [1.807, 2.05) is 13.8 Å². The van der Waals surface area contributed by atoms with Crippen LogP contribution in [-0.4, -0.2) is 15.7 Å². The number of ketones is 1. The van der Waals surface area contributed by atoms with E-state index in [9.17, 15) is 17.8 Å². The van der Waals surface area contributed by atoms with E-state index in [0.717, 1.165) is 29.3 Å². The molecule has 0 fully saturated rings. The quantitative estimate of drug-likeness (QED) is 0.809. The lowest BCUT2D eigenvalue weighted by molar-refractivity contribution is 0.102. The highest BCUT2D eigenvalue weighted by Gasteiger charge is 2.16. The summed E-state index contributed by atoms with van der Waals surface area (Å²) in [5, 5.41) is 0. The molecule has 0 bridgehead atoms. The van der Waals surface area contributed by atoms with E-state index in [2.05, 4.69) is 0 Å². The smallest absolute Gasteiger partial charge is 0.175 e. The van der Waals surface area contributed by atoms with Crippen LogP contribution in [0.3, 0.4) is 0 Å². The first-order valence-corrected chi connectivity index (χ1v) is 7.64. The minimum Gasteiger partial charge on any atom is -0.293 e. The zero-order valence-electron chi connectivity index (χ0n) is 11.7. The van der Waals surface area contributed by atoms with Crippen LogP contribution in [0.2, 0.25) is 0 Å². The maximum Gasteiger partial charge on any atom is 0.175 e. The zero-order valence-corrected chi connectivity index (χ0v) is 12.5. The highest BCUT2D eigenvalue weighted by Crippen LogP contribution is 2.16. The molecule has 0 aromatic heterocycles. The van der Waals surface area contributed by atoms with Crippen LogP contribution >= 0.6 is 0 Å². The van der Waals surface area contributed by atoms with Crippen LogP contribution in [0.4, 0.5) is 8.78 Å². The molecule has 1 unspecified atom stereocenters. The maximum atomic E-state index is 13.5. The highest BCUT2D eigenvalue weighted by molar-refractivity contribution is 7.85. The zero-order chi connectivity index (χ0) is 15.6. The van der Waals surface area contributed by atoms with Gasteiger partial charge in [-0.1, -0.05) is 12.1 Å². The lowest BCUT2D eigenvalue weighted by atomic mass is 10.0. The SMILES string of the molecule is Cc1ccc(C(=O)CS(=O)c2cc(F)ccc2F)cc1C. The number of carbonyl (C=O) groups excluding carboxylic acids is 1. The molecular formula is C16H14F2O2S. The van der Waals surface area contributed by atoms with Crippen molar-refractivity contribution in [2.45, 2.75) is 18.7 Å². The molecule has 0 spiro atoms. The number of hydrogen-bond acceptors (Lipinski definition) is 2. The fourth-order valence-corrected chi connectivity index (χ4v) is 2.94. The molecule has 2 rings (SSSR count). The van der Waals surface area contributed by atoms with Crippen LogP contribution in [0.1, 0.15) is 21.5 Å². The molecule has 2 aromatic carbocycles. The van der Waals surface area contributed by atoms with Gasteiger partial charge in [0.1, 0.15) is 11.6 Å². The van der Waals surface area contributed by atoms with Gasteiger partial charge in [0.05, 0.1) is 21.4 Å². The summed E-state index contributed by atoms with van der Waals surface area (Å²) in [5.74, 6) is -2.19. The third kappa shape index (κ3) is 3.61. The number of Topliss-reactive ketones (excluding diaryl/α,β-unsaturated/α-hetero) is 1. The minimum atomic E-state index is -1.91. The molecule has 2 nitrogen and oxygen atoms in total. The number of carbonyl (C=O) groups is 1. The average Bonchev–Trinajstić information content (AvgIpc) is 2.44. The van der Waals surface area contributed by atoms with E-state index in [0.29, 0.717) is 5.56 Å². The van der Waals surface area contributed by atoms with Gasteiger partial charge >= 0.3 is 0 Å². The molecule has 0 radical (unpaired) electrons. The van der Waals surface area contributed by atoms with Crippen molar-refractivity contribution < 1.29 is 17.8 Å². The first-order chi connectivity index (χ1) is 9.88. The Bertz CT molecular complexity index is 726. The predicted molar refractivity (Wildman–Crippen MR) is 77.9 cm³/mol. The Labute approximate surface area is 124 Å². The molecule has 0 N–H and O–H groups in total. The van der Waals surface area contributed by atoms with Gasteiger partial charge in [0.25, 0.3) is 0 Å². The maximum absolute atomic E-state index is 13.5. The molecule has 21 heavy (non-hydrogen) atoms. The van der Waals surface area contributed by atoms with Crippen molar-refractivity contribution in [3.8, 4) is 0 Å². The normalized spacial score (nSPS) is 12.2. The van der Waals surface area contributed by atoms with Crippen molar-refractivity contribution in [1.82, 2.24) is 0 Å². The molecule has 2 aromatic rings. The number of halogens is 2. The predicted octanol–water partition coefficient (Wildman–Crippen LogP) is 3.57. The van der Waals surface area contributed by atoms with Gasteiger partial charge in [-0.05, 0) is 49.2 Å². The standard InChI is InChI=1S/C16H14F2O2S/c1-10-3-4-12(7-11(10)2)15(19)9-21(20)16-8-13(17)5-6-14(16)18/h3-8H,9H2,1-2H3. The largest absolute Gasteiger partial charge is 0.293 e. The number of hydrogen-bond donors (Lipinski definition) is 0. The van der Waals surface area contributed by atoms with Gasteiger partial charge < -0.3 is 0 Å². The van der Waals surface area contributed by atoms with Gasteiger partial charge in [0.15, 0.2) is 5.78 Å². The van der Waals surface area contributed by atoms with Crippen LogP contribution in [0.5, 0.6) is 0 Å². The molecule has 5 heteroatoms. The summed E-state index contributed by atoms with van der Waals surface area (Å²) in [6.07, 6.45) is 0. The lowest BCUT2D eigenvalue weighted by Crippen LogP contribution is -2.12. The van der Waals surface area contributed by atoms with Gasteiger partial charge in [0.2, 0.25) is 0 Å². The average molecular weight is 308 g/mol. The monoisotopic (exact) mass is 308 g/mol. The first kappa shape index (κ1) is 15.5. The van der Waals surface area contributed by atoms with Crippen LogP contribution in [0.25, 0.3) is 0 Å². The fourth-order valence-electron chi connectivity index (χ4n) is 1.85. The Balaban J connectivity index is 2.20. The van der Waals surface area contributed by atoms with Crippen molar-refractivity contribution in [1.29, 1.82) is 0 Å². The van der Waals surface area contributed by atoms with Gasteiger partial charge in [-0.25, -0.2) is 8.78 Å². The summed E-state index contributed by atoms with van der Waals surface area (Å²) in [7, 11) is -1.91. The number of aryl methyl sites for hydroxylation is 2. The molecule has 0 amide bonds. The van der Waals surface area contributed by atoms with E-state index >= 15 is 0 Å². The highest BCUT2D eigenvalue weighted by atomic mass is 32.2. The second-order valence-electron chi connectivity index (χ2n) is 4.79. The Morgan fingerprint density at radius 2 is 1.76 bits per heavy atom. The Hall–Kier alpha value is -1.88. The van der Waals surface area contributed by atoms with Crippen molar-refractivity contribution >= 4 is 16.6 Å². The van der Waals surface area contributed by atoms with Gasteiger partial charge in [-0.15, -0.1) is 0 Å². The van der Waals surface area contributed by atoms with Crippen molar-refractivity contribution in [3.05, 3.63) is 64.7 Å². The third-order valence-electron chi connectivity index (χ3n) is 3.23. The van der Waals surface area contributed by atoms with E-state index in [1.165, 1.54) is 0 Å². The molecule has 0 aliphatic heterocycles. The summed E-state index contributed by atoms with van der Waals surface area (Å²) < 4.78 is 38.6. The van der Waals surface area contributed by atoms with E-state index in [1.54, 1.807) is 18.2 Å². The molecule has 1 atom stereocenters. The molecule has 0 aliphatic rings. The van der Waals surface area contributed by atoms with Crippen LogP contribution in [0.15, 0.2) is 41.3 Å². The van der Waals surface area contributed by atoms with Crippen LogP contribution < -0.4 is 0 Å². The summed E-state index contributed by atoms with van der Waals surface area (Å²) in [4.78, 5) is 11.8. The van der Waals surface area contributed by atoms with E-state index in [4.69, 9.17) is 0 Å². The first-order valence-electron chi connectivity index (χ1n) is 6.32. The third-order valence-corrected chi connectivity index (χ3v) is 4.56. The summed E-state index contributed by atoms with van der Waals surface area (Å²) >= 11 is 0. The van der Waals surface area contributed by atoms with Crippen molar-refractivity contribution in [2.24, 2.45) is 0 Å². The number of rotatable bonds is 4. The molecule has 0 heterocycles. The summed E-state index contributed by atoms with van der Waals surface area (Å²) in [5.41, 5.74) is 2.41. The fraction of sp³-hybridized carbons (Fsp3) is 0.188. The second kappa shape index (κ2) is 6.26. The Kier molecular flexibility index (Phi) is 4.63.